The second-order valence-electron chi connectivity index (χ2n) is 4.32. The van der Waals surface area contributed by atoms with Crippen molar-refractivity contribution in [2.45, 2.75) is 26.7 Å². The predicted octanol–water partition coefficient (Wildman–Crippen LogP) is 3.16. The van der Waals surface area contributed by atoms with Gasteiger partial charge in [0.15, 0.2) is 0 Å². The van der Waals surface area contributed by atoms with Crippen molar-refractivity contribution in [2.24, 2.45) is 5.92 Å². The standard InChI is InChI=1S/C12H17N/c1-8(2)11-7-13-12-5-4-9(3)6-10(11)12/h4-6,8,11,13H,7H2,1-3H3. The van der Waals surface area contributed by atoms with Crippen molar-refractivity contribution >= 4 is 5.69 Å². The molecule has 1 N–H and O–H groups in total. The zero-order valence-corrected chi connectivity index (χ0v) is 8.59. The normalized spacial score (nSPS) is 20.2. The largest absolute Gasteiger partial charge is 0.384 e. The maximum Gasteiger partial charge on any atom is 0.0376 e. The van der Waals surface area contributed by atoms with Crippen LogP contribution >= 0.6 is 0 Å². The Balaban J connectivity index is 2.40. The monoisotopic (exact) mass is 175 g/mol. The molecule has 1 heteroatoms. The molecule has 1 aromatic carbocycles. The Kier molecular flexibility index (Phi) is 2.03. The summed E-state index contributed by atoms with van der Waals surface area (Å²) in [5.41, 5.74) is 4.22. The fourth-order valence-corrected chi connectivity index (χ4v) is 2.07. The second kappa shape index (κ2) is 3.06. The highest BCUT2D eigenvalue weighted by Gasteiger charge is 2.24. The molecule has 0 bridgehead atoms. The fourth-order valence-electron chi connectivity index (χ4n) is 2.07. The molecule has 0 fully saturated rings. The summed E-state index contributed by atoms with van der Waals surface area (Å²) in [6.07, 6.45) is 0. The van der Waals surface area contributed by atoms with Crippen LogP contribution in [-0.2, 0) is 0 Å². The van der Waals surface area contributed by atoms with E-state index in [1.165, 1.54) is 16.8 Å². The summed E-state index contributed by atoms with van der Waals surface area (Å²) in [5.74, 6) is 1.44. The highest BCUT2D eigenvalue weighted by Crippen LogP contribution is 2.36. The quantitative estimate of drug-likeness (QED) is 0.691. The molecule has 70 valence electrons. The molecule has 1 heterocycles. The second-order valence-corrected chi connectivity index (χ2v) is 4.32. The molecule has 2 rings (SSSR count). The van der Waals surface area contributed by atoms with Gasteiger partial charge < -0.3 is 5.32 Å². The van der Waals surface area contributed by atoms with Gasteiger partial charge in [-0.2, -0.15) is 0 Å². The van der Waals surface area contributed by atoms with Crippen LogP contribution in [0.2, 0.25) is 0 Å². The third-order valence-corrected chi connectivity index (χ3v) is 2.92. The molecular weight excluding hydrogens is 158 g/mol. The number of hydrogen-bond acceptors (Lipinski definition) is 1. The Morgan fingerprint density at radius 1 is 1.38 bits per heavy atom. The minimum Gasteiger partial charge on any atom is -0.384 e. The van der Waals surface area contributed by atoms with E-state index in [9.17, 15) is 0 Å². The third-order valence-electron chi connectivity index (χ3n) is 2.92. The Morgan fingerprint density at radius 3 is 2.85 bits per heavy atom. The van der Waals surface area contributed by atoms with Gasteiger partial charge >= 0.3 is 0 Å². The fraction of sp³-hybridized carbons (Fsp3) is 0.500. The Morgan fingerprint density at radius 2 is 2.15 bits per heavy atom. The van der Waals surface area contributed by atoms with Crippen LogP contribution in [0.15, 0.2) is 18.2 Å². The Hall–Kier alpha value is -0.980. The van der Waals surface area contributed by atoms with Gasteiger partial charge in [-0.25, -0.2) is 0 Å². The van der Waals surface area contributed by atoms with Crippen LogP contribution in [0.1, 0.15) is 30.9 Å². The van der Waals surface area contributed by atoms with Gasteiger partial charge in [0, 0.05) is 18.2 Å². The first-order valence-electron chi connectivity index (χ1n) is 5.03. The van der Waals surface area contributed by atoms with Crippen LogP contribution in [0.25, 0.3) is 0 Å². The minimum atomic E-state index is 0.704. The summed E-state index contributed by atoms with van der Waals surface area (Å²) in [4.78, 5) is 0. The molecule has 1 aromatic rings. The van der Waals surface area contributed by atoms with Crippen LogP contribution < -0.4 is 5.32 Å². The molecule has 13 heavy (non-hydrogen) atoms. The van der Waals surface area contributed by atoms with E-state index in [1.807, 2.05) is 0 Å². The van der Waals surface area contributed by atoms with Gasteiger partial charge in [-0.1, -0.05) is 31.5 Å². The average Bonchev–Trinajstić information content (AvgIpc) is 2.46. The first-order chi connectivity index (χ1) is 6.18. The maximum absolute atomic E-state index is 3.46. The SMILES string of the molecule is Cc1ccc2c(c1)C(C(C)C)CN2. The third kappa shape index (κ3) is 1.43. The van der Waals surface area contributed by atoms with Gasteiger partial charge in [-0.3, -0.25) is 0 Å². The van der Waals surface area contributed by atoms with Crippen LogP contribution in [-0.4, -0.2) is 6.54 Å². The van der Waals surface area contributed by atoms with E-state index in [1.54, 1.807) is 0 Å². The molecule has 0 aromatic heterocycles. The maximum atomic E-state index is 3.46. The summed E-state index contributed by atoms with van der Waals surface area (Å²) in [6, 6.07) is 6.70. The van der Waals surface area contributed by atoms with Crippen molar-refractivity contribution in [3.05, 3.63) is 29.3 Å². The van der Waals surface area contributed by atoms with Gasteiger partial charge in [-0.05, 0) is 24.5 Å². The molecule has 0 amide bonds. The van der Waals surface area contributed by atoms with Crippen molar-refractivity contribution < 1.29 is 0 Å². The predicted molar refractivity (Wildman–Crippen MR) is 57.2 cm³/mol. The summed E-state index contributed by atoms with van der Waals surface area (Å²) < 4.78 is 0. The smallest absolute Gasteiger partial charge is 0.0376 e. The number of fused-ring (bicyclic) bond motifs is 1. The van der Waals surface area contributed by atoms with E-state index >= 15 is 0 Å². The number of benzene rings is 1. The van der Waals surface area contributed by atoms with Gasteiger partial charge in [0.05, 0.1) is 0 Å². The van der Waals surface area contributed by atoms with Gasteiger partial charge in [0.2, 0.25) is 0 Å². The molecule has 1 aliphatic rings. The Bertz CT molecular complexity index is 315. The molecule has 1 atom stereocenters. The molecule has 1 aliphatic heterocycles. The average molecular weight is 175 g/mol. The molecule has 1 unspecified atom stereocenters. The van der Waals surface area contributed by atoms with Crippen LogP contribution in [0.5, 0.6) is 0 Å². The van der Waals surface area contributed by atoms with Crippen LogP contribution in [0, 0.1) is 12.8 Å². The molecule has 0 aliphatic carbocycles. The van der Waals surface area contributed by atoms with E-state index in [2.05, 4.69) is 44.3 Å². The molecule has 0 saturated carbocycles. The highest BCUT2D eigenvalue weighted by atomic mass is 14.9. The first-order valence-corrected chi connectivity index (χ1v) is 5.03. The lowest BCUT2D eigenvalue weighted by Crippen LogP contribution is -2.08. The summed E-state index contributed by atoms with van der Waals surface area (Å²) in [5, 5.41) is 3.46. The van der Waals surface area contributed by atoms with E-state index < -0.39 is 0 Å². The highest BCUT2D eigenvalue weighted by molar-refractivity contribution is 5.58. The topological polar surface area (TPSA) is 12.0 Å². The lowest BCUT2D eigenvalue weighted by Gasteiger charge is -2.14. The minimum absolute atomic E-state index is 0.704. The molecule has 0 saturated heterocycles. The molecule has 0 spiro atoms. The van der Waals surface area contributed by atoms with Crippen molar-refractivity contribution in [3.8, 4) is 0 Å². The Labute approximate surface area is 80.2 Å². The molecular formula is C12H17N. The lowest BCUT2D eigenvalue weighted by atomic mass is 9.90. The van der Waals surface area contributed by atoms with E-state index in [-0.39, 0.29) is 0 Å². The summed E-state index contributed by atoms with van der Waals surface area (Å²) >= 11 is 0. The lowest BCUT2D eigenvalue weighted by molar-refractivity contribution is 0.533. The zero-order chi connectivity index (χ0) is 9.42. The first kappa shape index (κ1) is 8.61. The summed E-state index contributed by atoms with van der Waals surface area (Å²) in [6.45, 7) is 7.86. The van der Waals surface area contributed by atoms with Gasteiger partial charge in [0.1, 0.15) is 0 Å². The van der Waals surface area contributed by atoms with Gasteiger partial charge in [-0.15, -0.1) is 0 Å². The van der Waals surface area contributed by atoms with E-state index in [0.29, 0.717) is 5.92 Å². The van der Waals surface area contributed by atoms with Crippen LogP contribution in [0.3, 0.4) is 0 Å². The zero-order valence-electron chi connectivity index (χ0n) is 8.59. The van der Waals surface area contributed by atoms with Crippen molar-refractivity contribution in [1.29, 1.82) is 0 Å². The molecule has 0 radical (unpaired) electrons. The number of hydrogen-bond donors (Lipinski definition) is 1. The van der Waals surface area contributed by atoms with E-state index in [4.69, 9.17) is 0 Å². The molecule has 1 nitrogen and oxygen atoms in total. The van der Waals surface area contributed by atoms with Crippen LogP contribution in [0.4, 0.5) is 5.69 Å². The number of rotatable bonds is 1. The number of nitrogens with one attached hydrogen (secondary N) is 1. The van der Waals surface area contributed by atoms with Crippen molar-refractivity contribution in [3.63, 3.8) is 0 Å². The number of anilines is 1. The van der Waals surface area contributed by atoms with E-state index in [0.717, 1.165) is 12.5 Å². The van der Waals surface area contributed by atoms with Crippen molar-refractivity contribution in [2.75, 3.05) is 11.9 Å². The van der Waals surface area contributed by atoms with Crippen molar-refractivity contribution in [1.82, 2.24) is 0 Å². The summed E-state index contributed by atoms with van der Waals surface area (Å²) in [7, 11) is 0. The number of aryl methyl sites for hydroxylation is 1. The van der Waals surface area contributed by atoms with Gasteiger partial charge in [0.25, 0.3) is 0 Å².